The highest BCUT2D eigenvalue weighted by molar-refractivity contribution is 5.78. The fourth-order valence-corrected chi connectivity index (χ4v) is 3.07. The zero-order valence-electron chi connectivity index (χ0n) is 12.4. The van der Waals surface area contributed by atoms with Gasteiger partial charge in [0.15, 0.2) is 0 Å². The van der Waals surface area contributed by atoms with Crippen molar-refractivity contribution < 1.29 is 4.79 Å². The van der Waals surface area contributed by atoms with E-state index in [0.29, 0.717) is 6.54 Å². The zero-order chi connectivity index (χ0) is 14.8. The average molecular weight is 286 g/mol. The number of aryl methyl sites for hydroxylation is 1. The lowest BCUT2D eigenvalue weighted by atomic mass is 9.85. The van der Waals surface area contributed by atoms with Crippen LogP contribution in [0.25, 0.3) is 5.65 Å². The maximum Gasteiger partial charge on any atom is 0.223 e. The number of nitrogens with one attached hydrogen (secondary N) is 1. The van der Waals surface area contributed by atoms with Crippen molar-refractivity contribution in [3.8, 4) is 0 Å². The summed E-state index contributed by atoms with van der Waals surface area (Å²) >= 11 is 0. The van der Waals surface area contributed by atoms with Crippen LogP contribution in [0.2, 0.25) is 0 Å². The monoisotopic (exact) mass is 286 g/mol. The molecule has 0 saturated heterocycles. The van der Waals surface area contributed by atoms with Gasteiger partial charge in [0.1, 0.15) is 5.65 Å². The molecule has 1 amide bonds. The maximum absolute atomic E-state index is 12.2. The van der Waals surface area contributed by atoms with Gasteiger partial charge in [-0.25, -0.2) is 4.98 Å². The van der Waals surface area contributed by atoms with Crippen LogP contribution in [0.4, 0.5) is 0 Å². The number of amides is 1. The highest BCUT2D eigenvalue weighted by Gasteiger charge is 2.25. The van der Waals surface area contributed by atoms with Crippen molar-refractivity contribution in [2.24, 2.45) is 11.7 Å². The van der Waals surface area contributed by atoms with Gasteiger partial charge in [-0.15, -0.1) is 0 Å². The fraction of sp³-hybridized carbons (Fsp3) is 0.500. The Balaban J connectivity index is 1.63. The lowest BCUT2D eigenvalue weighted by Crippen LogP contribution is -2.37. The molecular weight excluding hydrogens is 264 g/mol. The number of imidazole rings is 1. The van der Waals surface area contributed by atoms with E-state index in [2.05, 4.69) is 10.3 Å². The maximum atomic E-state index is 12.2. The Morgan fingerprint density at radius 3 is 3.10 bits per heavy atom. The predicted molar refractivity (Wildman–Crippen MR) is 81.7 cm³/mol. The lowest BCUT2D eigenvalue weighted by Gasteiger charge is -2.25. The van der Waals surface area contributed by atoms with E-state index in [1.165, 1.54) is 0 Å². The first-order chi connectivity index (χ1) is 10.1. The SMILES string of the molecule is Cc1cccc2nc(CNC(=O)C3CCCC(N)C3)cn12. The second kappa shape index (κ2) is 5.85. The number of carbonyl (C=O) groups excluding carboxylic acids is 1. The summed E-state index contributed by atoms with van der Waals surface area (Å²) < 4.78 is 2.04. The molecule has 0 radical (unpaired) electrons. The molecule has 0 bridgehead atoms. The number of hydrogen-bond donors (Lipinski definition) is 2. The van der Waals surface area contributed by atoms with Crippen LogP contribution in [-0.2, 0) is 11.3 Å². The van der Waals surface area contributed by atoms with Gasteiger partial charge in [-0.1, -0.05) is 12.5 Å². The third-order valence-electron chi connectivity index (χ3n) is 4.28. The molecule has 5 heteroatoms. The van der Waals surface area contributed by atoms with Crippen LogP contribution in [0, 0.1) is 12.8 Å². The summed E-state index contributed by atoms with van der Waals surface area (Å²) in [7, 11) is 0. The molecule has 2 heterocycles. The van der Waals surface area contributed by atoms with E-state index < -0.39 is 0 Å². The van der Waals surface area contributed by atoms with E-state index in [9.17, 15) is 4.79 Å². The van der Waals surface area contributed by atoms with Crippen LogP contribution in [0.1, 0.15) is 37.1 Å². The Morgan fingerprint density at radius 1 is 1.48 bits per heavy atom. The van der Waals surface area contributed by atoms with Gasteiger partial charge in [-0.3, -0.25) is 4.79 Å². The molecule has 0 spiro atoms. The molecule has 5 nitrogen and oxygen atoms in total. The lowest BCUT2D eigenvalue weighted by molar-refractivity contribution is -0.126. The second-order valence-electron chi connectivity index (χ2n) is 5.97. The number of hydrogen-bond acceptors (Lipinski definition) is 3. The summed E-state index contributed by atoms with van der Waals surface area (Å²) in [4.78, 5) is 16.7. The highest BCUT2D eigenvalue weighted by Crippen LogP contribution is 2.23. The topological polar surface area (TPSA) is 72.4 Å². The molecule has 3 N–H and O–H groups in total. The molecule has 21 heavy (non-hydrogen) atoms. The number of nitrogens with zero attached hydrogens (tertiary/aromatic N) is 2. The molecule has 0 aromatic carbocycles. The molecule has 1 aliphatic carbocycles. The van der Waals surface area contributed by atoms with Gasteiger partial charge >= 0.3 is 0 Å². The molecule has 1 saturated carbocycles. The van der Waals surface area contributed by atoms with Crippen molar-refractivity contribution in [1.29, 1.82) is 0 Å². The van der Waals surface area contributed by atoms with Crippen molar-refractivity contribution in [3.05, 3.63) is 35.8 Å². The van der Waals surface area contributed by atoms with E-state index in [1.54, 1.807) is 0 Å². The van der Waals surface area contributed by atoms with Gasteiger partial charge in [0.25, 0.3) is 0 Å². The van der Waals surface area contributed by atoms with Crippen LogP contribution in [-0.4, -0.2) is 21.3 Å². The number of carbonyl (C=O) groups is 1. The summed E-state index contributed by atoms with van der Waals surface area (Å²) in [6.45, 7) is 2.52. The third kappa shape index (κ3) is 3.08. The minimum absolute atomic E-state index is 0.0625. The minimum atomic E-state index is 0.0625. The normalized spacial score (nSPS) is 22.4. The van der Waals surface area contributed by atoms with E-state index in [4.69, 9.17) is 5.73 Å². The molecule has 1 fully saturated rings. The molecule has 2 unspecified atom stereocenters. The number of nitrogens with two attached hydrogens (primary N) is 1. The van der Waals surface area contributed by atoms with Gasteiger partial charge in [-0.2, -0.15) is 0 Å². The van der Waals surface area contributed by atoms with Crippen LogP contribution < -0.4 is 11.1 Å². The first-order valence-corrected chi connectivity index (χ1v) is 7.60. The molecule has 3 rings (SSSR count). The third-order valence-corrected chi connectivity index (χ3v) is 4.28. The Kier molecular flexibility index (Phi) is 3.92. The molecule has 112 valence electrons. The van der Waals surface area contributed by atoms with E-state index in [1.807, 2.05) is 35.7 Å². The first-order valence-electron chi connectivity index (χ1n) is 7.60. The Morgan fingerprint density at radius 2 is 2.33 bits per heavy atom. The van der Waals surface area contributed by atoms with Crippen molar-refractivity contribution >= 4 is 11.6 Å². The van der Waals surface area contributed by atoms with Crippen LogP contribution in [0.5, 0.6) is 0 Å². The van der Waals surface area contributed by atoms with Gasteiger partial charge in [0.2, 0.25) is 5.91 Å². The van der Waals surface area contributed by atoms with Gasteiger partial charge < -0.3 is 15.5 Å². The second-order valence-corrected chi connectivity index (χ2v) is 5.97. The summed E-state index contributed by atoms with van der Waals surface area (Å²) in [6.07, 6.45) is 5.82. The average Bonchev–Trinajstić information content (AvgIpc) is 2.89. The predicted octanol–water partition coefficient (Wildman–Crippen LogP) is 1.78. The van der Waals surface area contributed by atoms with Crippen molar-refractivity contribution in [3.63, 3.8) is 0 Å². The van der Waals surface area contributed by atoms with E-state index in [-0.39, 0.29) is 17.9 Å². The van der Waals surface area contributed by atoms with Crippen molar-refractivity contribution in [1.82, 2.24) is 14.7 Å². The Bertz CT molecular complexity index is 649. The summed E-state index contributed by atoms with van der Waals surface area (Å²) in [5, 5.41) is 3.00. The summed E-state index contributed by atoms with van der Waals surface area (Å²) in [6, 6.07) is 6.18. The summed E-state index contributed by atoms with van der Waals surface area (Å²) in [5.41, 5.74) is 8.88. The quantitative estimate of drug-likeness (QED) is 0.903. The number of pyridine rings is 1. The van der Waals surface area contributed by atoms with Crippen molar-refractivity contribution in [2.75, 3.05) is 0 Å². The molecule has 0 aliphatic heterocycles. The largest absolute Gasteiger partial charge is 0.350 e. The number of fused-ring (bicyclic) bond motifs is 1. The van der Waals surface area contributed by atoms with Crippen molar-refractivity contribution in [2.45, 2.75) is 45.2 Å². The highest BCUT2D eigenvalue weighted by atomic mass is 16.1. The molecule has 2 aromatic rings. The molecule has 2 atom stereocenters. The Hall–Kier alpha value is -1.88. The zero-order valence-corrected chi connectivity index (χ0v) is 12.4. The molecular formula is C16H22N4O. The standard InChI is InChI=1S/C16H22N4O/c1-11-4-2-7-15-19-14(10-20(11)15)9-18-16(21)12-5-3-6-13(17)8-12/h2,4,7,10,12-13H,3,5-6,8-9,17H2,1H3,(H,18,21). The fourth-order valence-electron chi connectivity index (χ4n) is 3.07. The minimum Gasteiger partial charge on any atom is -0.350 e. The van der Waals surface area contributed by atoms with Crippen LogP contribution in [0.15, 0.2) is 24.4 Å². The van der Waals surface area contributed by atoms with Crippen LogP contribution in [0.3, 0.4) is 0 Å². The number of aromatic nitrogens is 2. The first kappa shape index (κ1) is 14.1. The smallest absolute Gasteiger partial charge is 0.223 e. The van der Waals surface area contributed by atoms with E-state index >= 15 is 0 Å². The molecule has 2 aromatic heterocycles. The van der Waals surface area contributed by atoms with Crippen LogP contribution >= 0.6 is 0 Å². The number of rotatable bonds is 3. The molecule has 1 aliphatic rings. The summed E-state index contributed by atoms with van der Waals surface area (Å²) in [5.74, 6) is 0.173. The van der Waals surface area contributed by atoms with Gasteiger partial charge in [0, 0.05) is 23.9 Å². The Labute approximate surface area is 124 Å². The van der Waals surface area contributed by atoms with Gasteiger partial charge in [-0.05, 0) is 38.3 Å². The van der Waals surface area contributed by atoms with Gasteiger partial charge in [0.05, 0.1) is 12.2 Å². The van der Waals surface area contributed by atoms with E-state index in [0.717, 1.165) is 42.7 Å².